The molecule has 0 radical (unpaired) electrons. The Kier molecular flexibility index (Phi) is 4.49. The Hall–Kier alpha value is -1.58. The number of pyridine rings is 1. The zero-order valence-corrected chi connectivity index (χ0v) is 10.9. The minimum Gasteiger partial charge on any atom is -0.376 e. The third kappa shape index (κ3) is 3.19. The zero-order chi connectivity index (χ0) is 13.0. The van der Waals surface area contributed by atoms with Crippen molar-refractivity contribution < 1.29 is 4.79 Å². The topological polar surface area (TPSA) is 42.3 Å². The minimum absolute atomic E-state index is 0.00986. The van der Waals surface area contributed by atoms with E-state index in [0.717, 1.165) is 30.5 Å². The van der Waals surface area contributed by atoms with E-state index in [9.17, 15) is 9.59 Å². The van der Waals surface area contributed by atoms with Crippen molar-refractivity contribution in [3.05, 3.63) is 28.2 Å². The van der Waals surface area contributed by atoms with Gasteiger partial charge in [0, 0.05) is 38.8 Å². The van der Waals surface area contributed by atoms with Crippen LogP contribution in [0.2, 0.25) is 0 Å². The Morgan fingerprint density at radius 2 is 2.06 bits per heavy atom. The van der Waals surface area contributed by atoms with Gasteiger partial charge in [-0.1, -0.05) is 6.92 Å². The molecule has 0 saturated heterocycles. The molecule has 0 bridgehead atoms. The second-order valence-corrected chi connectivity index (χ2v) is 4.61. The number of aromatic nitrogens is 1. The monoisotopic (exact) mass is 236 g/mol. The maximum absolute atomic E-state index is 11.6. The van der Waals surface area contributed by atoms with E-state index in [0.29, 0.717) is 0 Å². The van der Waals surface area contributed by atoms with E-state index >= 15 is 0 Å². The Morgan fingerprint density at radius 1 is 1.41 bits per heavy atom. The van der Waals surface area contributed by atoms with Gasteiger partial charge in [-0.3, -0.25) is 4.79 Å². The van der Waals surface area contributed by atoms with Crippen LogP contribution in [0, 0.1) is 5.92 Å². The molecule has 1 aromatic heterocycles. The molecule has 4 heteroatoms. The number of hydrogen-bond donors (Lipinski definition) is 0. The van der Waals surface area contributed by atoms with E-state index < -0.39 is 0 Å². The first-order valence-electron chi connectivity index (χ1n) is 5.79. The van der Waals surface area contributed by atoms with Gasteiger partial charge in [0.05, 0.1) is 5.69 Å². The summed E-state index contributed by atoms with van der Waals surface area (Å²) in [7, 11) is 5.68. The molecular formula is C13H20N2O2. The Morgan fingerprint density at radius 3 is 2.59 bits per heavy atom. The number of aldehydes is 1. The minimum atomic E-state index is -0.00986. The first-order valence-corrected chi connectivity index (χ1v) is 5.79. The van der Waals surface area contributed by atoms with Gasteiger partial charge in [0.2, 0.25) is 0 Å². The fourth-order valence-corrected chi connectivity index (χ4v) is 1.80. The highest BCUT2D eigenvalue weighted by atomic mass is 16.1. The Balaban J connectivity index is 3.06. The van der Waals surface area contributed by atoms with Crippen molar-refractivity contribution in [1.29, 1.82) is 0 Å². The molecule has 0 saturated carbocycles. The second kappa shape index (κ2) is 5.66. The number of carbonyl (C=O) groups excluding carboxylic acids is 1. The maximum atomic E-state index is 11.6. The summed E-state index contributed by atoms with van der Waals surface area (Å²) >= 11 is 0. The van der Waals surface area contributed by atoms with E-state index in [1.165, 1.54) is 0 Å². The van der Waals surface area contributed by atoms with Crippen molar-refractivity contribution >= 4 is 12.0 Å². The highest BCUT2D eigenvalue weighted by Gasteiger charge is 2.10. The van der Waals surface area contributed by atoms with Gasteiger partial charge in [0.15, 0.2) is 0 Å². The molecule has 1 atom stereocenters. The van der Waals surface area contributed by atoms with Crippen LogP contribution in [0.25, 0.3) is 0 Å². The van der Waals surface area contributed by atoms with Crippen molar-refractivity contribution in [2.75, 3.05) is 19.0 Å². The van der Waals surface area contributed by atoms with Gasteiger partial charge >= 0.3 is 0 Å². The van der Waals surface area contributed by atoms with Gasteiger partial charge in [-0.25, -0.2) is 0 Å². The van der Waals surface area contributed by atoms with E-state index in [4.69, 9.17) is 0 Å². The molecule has 17 heavy (non-hydrogen) atoms. The summed E-state index contributed by atoms with van der Waals surface area (Å²) in [6.45, 7) is 1.89. The normalized spacial score (nSPS) is 12.2. The quantitative estimate of drug-likeness (QED) is 0.722. The average Bonchev–Trinajstić information content (AvgIpc) is 2.30. The third-order valence-electron chi connectivity index (χ3n) is 2.97. The molecule has 0 N–H and O–H groups in total. The lowest BCUT2D eigenvalue weighted by Gasteiger charge is -2.20. The van der Waals surface area contributed by atoms with E-state index in [1.54, 1.807) is 17.7 Å². The lowest BCUT2D eigenvalue weighted by molar-refractivity contribution is -0.110. The summed E-state index contributed by atoms with van der Waals surface area (Å²) in [6, 6.07) is 3.41. The molecular weight excluding hydrogens is 216 g/mol. The maximum Gasteiger partial charge on any atom is 0.250 e. The lowest BCUT2D eigenvalue weighted by atomic mass is 10.0. The van der Waals surface area contributed by atoms with Crippen LogP contribution < -0.4 is 10.5 Å². The van der Waals surface area contributed by atoms with Crippen molar-refractivity contribution in [2.24, 2.45) is 13.0 Å². The molecule has 4 nitrogen and oxygen atoms in total. The summed E-state index contributed by atoms with van der Waals surface area (Å²) in [5.41, 5.74) is 2.01. The molecule has 0 aliphatic carbocycles. The van der Waals surface area contributed by atoms with Crippen LogP contribution >= 0.6 is 0 Å². The van der Waals surface area contributed by atoms with Crippen LogP contribution in [0.15, 0.2) is 16.9 Å². The highest BCUT2D eigenvalue weighted by molar-refractivity contribution is 5.53. The summed E-state index contributed by atoms with van der Waals surface area (Å²) in [6.07, 6.45) is 2.46. The van der Waals surface area contributed by atoms with Crippen molar-refractivity contribution in [3.8, 4) is 0 Å². The van der Waals surface area contributed by atoms with Gasteiger partial charge in [-0.05, 0) is 18.9 Å². The van der Waals surface area contributed by atoms with Crippen molar-refractivity contribution in [1.82, 2.24) is 4.57 Å². The fourth-order valence-electron chi connectivity index (χ4n) is 1.80. The summed E-state index contributed by atoms with van der Waals surface area (Å²) in [5, 5.41) is 0. The number of rotatable bonds is 5. The van der Waals surface area contributed by atoms with Gasteiger partial charge in [0.1, 0.15) is 6.29 Å². The molecule has 0 amide bonds. The summed E-state index contributed by atoms with van der Waals surface area (Å²) in [5.74, 6) is 0.0281. The number of anilines is 1. The Bertz CT molecular complexity index is 449. The first-order chi connectivity index (χ1) is 7.97. The third-order valence-corrected chi connectivity index (χ3v) is 2.97. The number of nitrogens with zero attached hydrogens (tertiary/aromatic N) is 2. The second-order valence-electron chi connectivity index (χ2n) is 4.61. The zero-order valence-electron chi connectivity index (χ0n) is 10.9. The predicted molar refractivity (Wildman–Crippen MR) is 69.6 cm³/mol. The molecule has 1 unspecified atom stereocenters. The van der Waals surface area contributed by atoms with Crippen LogP contribution in [0.1, 0.15) is 19.0 Å². The van der Waals surface area contributed by atoms with Crippen LogP contribution in [0.4, 0.5) is 5.69 Å². The predicted octanol–water partition coefficient (Wildman–Crippen LogP) is 1.22. The van der Waals surface area contributed by atoms with E-state index in [1.807, 2.05) is 32.0 Å². The molecule has 1 rings (SSSR count). The van der Waals surface area contributed by atoms with Gasteiger partial charge in [0.25, 0.3) is 5.56 Å². The Labute approximate surface area is 102 Å². The van der Waals surface area contributed by atoms with Crippen molar-refractivity contribution in [2.45, 2.75) is 19.8 Å². The van der Waals surface area contributed by atoms with Gasteiger partial charge in [-0.2, -0.15) is 0 Å². The molecule has 1 aromatic rings. The highest BCUT2D eigenvalue weighted by Crippen LogP contribution is 2.18. The molecule has 0 spiro atoms. The number of carbonyl (C=O) groups is 1. The van der Waals surface area contributed by atoms with E-state index in [2.05, 4.69) is 0 Å². The molecule has 0 aromatic carbocycles. The van der Waals surface area contributed by atoms with Crippen LogP contribution in [0.5, 0.6) is 0 Å². The fraction of sp³-hybridized carbons (Fsp3) is 0.538. The molecule has 0 aliphatic rings. The summed E-state index contributed by atoms with van der Waals surface area (Å²) in [4.78, 5) is 24.2. The average molecular weight is 236 g/mol. The van der Waals surface area contributed by atoms with Crippen molar-refractivity contribution in [3.63, 3.8) is 0 Å². The lowest BCUT2D eigenvalue weighted by Crippen LogP contribution is -2.24. The first kappa shape index (κ1) is 13.5. The standard InChI is InChI=1S/C13H20N2O2/c1-10(9-16)5-6-12-11(14(2)3)7-8-13(17)15(12)4/h7-10H,5-6H2,1-4H3. The van der Waals surface area contributed by atoms with Gasteiger partial charge < -0.3 is 14.3 Å². The van der Waals surface area contributed by atoms with Crippen LogP contribution in [-0.2, 0) is 18.3 Å². The molecule has 94 valence electrons. The SMILES string of the molecule is CC(C=O)CCc1c(N(C)C)ccc(=O)n1C. The van der Waals surface area contributed by atoms with Crippen LogP contribution in [-0.4, -0.2) is 24.9 Å². The van der Waals surface area contributed by atoms with Crippen LogP contribution in [0.3, 0.4) is 0 Å². The molecule has 0 aliphatic heterocycles. The number of hydrogen-bond acceptors (Lipinski definition) is 3. The largest absolute Gasteiger partial charge is 0.376 e. The molecule has 1 heterocycles. The molecule has 0 fully saturated rings. The van der Waals surface area contributed by atoms with Gasteiger partial charge in [-0.15, -0.1) is 0 Å². The summed E-state index contributed by atoms with van der Waals surface area (Å²) < 4.78 is 1.66. The smallest absolute Gasteiger partial charge is 0.250 e. The van der Waals surface area contributed by atoms with E-state index in [-0.39, 0.29) is 11.5 Å².